The molecule has 1 heterocycles. The number of hydrogen-bond donors (Lipinski definition) is 0. The number of rotatable bonds is 0. The molecular formula is C8H9N3. The minimum absolute atomic E-state index is 0.709. The molecule has 0 bridgehead atoms. The molecule has 0 saturated carbocycles. The van der Waals surface area contributed by atoms with Gasteiger partial charge in [-0.05, 0) is 6.07 Å². The molecule has 1 aliphatic heterocycles. The van der Waals surface area contributed by atoms with Gasteiger partial charge in [0.1, 0.15) is 0 Å². The average molecular weight is 147 g/mol. The van der Waals surface area contributed by atoms with Gasteiger partial charge in [-0.2, -0.15) is 5.11 Å². The van der Waals surface area contributed by atoms with E-state index in [0.717, 1.165) is 5.69 Å². The fourth-order valence-electron chi connectivity index (χ4n) is 1.21. The highest BCUT2D eigenvalue weighted by Gasteiger charge is 2.08. The van der Waals surface area contributed by atoms with Gasteiger partial charge in [-0.3, -0.25) is 0 Å². The van der Waals surface area contributed by atoms with Crippen molar-refractivity contribution in [3.63, 3.8) is 0 Å². The van der Waals surface area contributed by atoms with Crippen molar-refractivity contribution >= 4 is 5.69 Å². The number of para-hydroxylation sites is 1. The van der Waals surface area contributed by atoms with Crippen LogP contribution in [0.5, 0.6) is 0 Å². The Hall–Kier alpha value is -1.38. The predicted octanol–water partition coefficient (Wildman–Crippen LogP) is 2.00. The Bertz CT molecular complexity index is 293. The molecule has 1 aliphatic rings. The van der Waals surface area contributed by atoms with Crippen LogP contribution < -0.4 is 5.01 Å². The van der Waals surface area contributed by atoms with Crippen molar-refractivity contribution in [1.29, 1.82) is 0 Å². The molecule has 2 rings (SSSR count). The molecule has 0 aliphatic carbocycles. The van der Waals surface area contributed by atoms with E-state index in [0.29, 0.717) is 6.54 Å². The van der Waals surface area contributed by atoms with Crippen LogP contribution in [-0.4, -0.2) is 7.05 Å². The van der Waals surface area contributed by atoms with Crippen molar-refractivity contribution in [3.8, 4) is 0 Å². The first-order valence-corrected chi connectivity index (χ1v) is 3.57. The monoisotopic (exact) mass is 147 g/mol. The molecule has 0 spiro atoms. The van der Waals surface area contributed by atoms with E-state index in [1.807, 2.05) is 25.2 Å². The quantitative estimate of drug-likeness (QED) is 0.551. The molecule has 0 N–H and O–H groups in total. The Morgan fingerprint density at radius 3 is 3.00 bits per heavy atom. The second-order valence-corrected chi connectivity index (χ2v) is 2.54. The lowest BCUT2D eigenvalue weighted by Gasteiger charge is -2.18. The second-order valence-electron chi connectivity index (χ2n) is 2.54. The van der Waals surface area contributed by atoms with Crippen molar-refractivity contribution in [2.75, 3.05) is 12.1 Å². The van der Waals surface area contributed by atoms with Crippen LogP contribution in [0.25, 0.3) is 0 Å². The van der Waals surface area contributed by atoms with Gasteiger partial charge in [-0.15, -0.1) is 0 Å². The molecule has 0 radical (unpaired) electrons. The summed E-state index contributed by atoms with van der Waals surface area (Å²) in [4.78, 5) is 0. The zero-order valence-electron chi connectivity index (χ0n) is 6.36. The molecule has 0 unspecified atom stereocenters. The lowest BCUT2D eigenvalue weighted by Crippen LogP contribution is -2.12. The highest BCUT2D eigenvalue weighted by Crippen LogP contribution is 2.23. The first-order chi connectivity index (χ1) is 5.38. The van der Waals surface area contributed by atoms with Gasteiger partial charge in [0, 0.05) is 12.6 Å². The first-order valence-electron chi connectivity index (χ1n) is 3.57. The molecule has 0 atom stereocenters. The van der Waals surface area contributed by atoms with Gasteiger partial charge in [0.05, 0.1) is 12.2 Å². The summed E-state index contributed by atoms with van der Waals surface area (Å²) < 4.78 is 0. The van der Waals surface area contributed by atoms with Gasteiger partial charge in [-0.1, -0.05) is 23.4 Å². The maximum absolute atomic E-state index is 3.95. The van der Waals surface area contributed by atoms with Gasteiger partial charge in [0.2, 0.25) is 0 Å². The first kappa shape index (κ1) is 6.34. The van der Waals surface area contributed by atoms with E-state index in [-0.39, 0.29) is 0 Å². The minimum atomic E-state index is 0.709. The minimum Gasteiger partial charge on any atom is -0.250 e. The highest BCUT2D eigenvalue weighted by atomic mass is 15.5. The van der Waals surface area contributed by atoms with E-state index >= 15 is 0 Å². The number of nitrogens with zero attached hydrogens (tertiary/aromatic N) is 3. The largest absolute Gasteiger partial charge is 0.250 e. The van der Waals surface area contributed by atoms with E-state index in [2.05, 4.69) is 16.4 Å². The maximum atomic E-state index is 3.95. The summed E-state index contributed by atoms with van der Waals surface area (Å²) in [6, 6.07) is 8.15. The molecular weight excluding hydrogens is 138 g/mol. The van der Waals surface area contributed by atoms with Crippen molar-refractivity contribution in [3.05, 3.63) is 29.8 Å². The maximum Gasteiger partial charge on any atom is 0.0891 e. The molecule has 3 heteroatoms. The second kappa shape index (κ2) is 2.34. The number of fused-ring (bicyclic) bond motifs is 1. The fraction of sp³-hybridized carbons (Fsp3) is 0.250. The van der Waals surface area contributed by atoms with Crippen LogP contribution in [0, 0.1) is 0 Å². The molecule has 1 aromatic rings. The molecule has 0 fully saturated rings. The van der Waals surface area contributed by atoms with E-state index in [4.69, 9.17) is 0 Å². The lowest BCUT2D eigenvalue weighted by molar-refractivity contribution is 0.788. The van der Waals surface area contributed by atoms with Crippen molar-refractivity contribution in [1.82, 2.24) is 0 Å². The Morgan fingerprint density at radius 2 is 2.18 bits per heavy atom. The zero-order chi connectivity index (χ0) is 7.68. The van der Waals surface area contributed by atoms with Crippen molar-refractivity contribution in [2.24, 2.45) is 10.3 Å². The van der Waals surface area contributed by atoms with Gasteiger partial charge in [0.15, 0.2) is 0 Å². The smallest absolute Gasteiger partial charge is 0.0891 e. The number of benzene rings is 1. The van der Waals surface area contributed by atoms with Crippen LogP contribution in [0.15, 0.2) is 34.6 Å². The van der Waals surface area contributed by atoms with E-state index in [1.165, 1.54) is 5.56 Å². The van der Waals surface area contributed by atoms with Crippen LogP contribution in [0.2, 0.25) is 0 Å². The normalized spacial score (nSPS) is 14.8. The Morgan fingerprint density at radius 1 is 1.36 bits per heavy atom. The third-order valence-electron chi connectivity index (χ3n) is 1.78. The Balaban J connectivity index is 2.50. The molecule has 11 heavy (non-hydrogen) atoms. The zero-order valence-corrected chi connectivity index (χ0v) is 6.36. The van der Waals surface area contributed by atoms with Gasteiger partial charge >= 0.3 is 0 Å². The summed E-state index contributed by atoms with van der Waals surface area (Å²) in [7, 11) is 1.90. The van der Waals surface area contributed by atoms with Crippen LogP contribution in [-0.2, 0) is 6.54 Å². The van der Waals surface area contributed by atoms with E-state index in [9.17, 15) is 0 Å². The van der Waals surface area contributed by atoms with Crippen molar-refractivity contribution < 1.29 is 0 Å². The van der Waals surface area contributed by atoms with Crippen LogP contribution >= 0.6 is 0 Å². The fourth-order valence-corrected chi connectivity index (χ4v) is 1.21. The molecule has 0 amide bonds. The molecule has 3 nitrogen and oxygen atoms in total. The molecule has 56 valence electrons. The van der Waals surface area contributed by atoms with Crippen LogP contribution in [0.4, 0.5) is 5.69 Å². The van der Waals surface area contributed by atoms with Gasteiger partial charge < -0.3 is 0 Å². The van der Waals surface area contributed by atoms with Crippen LogP contribution in [0.1, 0.15) is 5.56 Å². The summed E-state index contributed by atoms with van der Waals surface area (Å²) in [5, 5.41) is 9.67. The van der Waals surface area contributed by atoms with Gasteiger partial charge in [0.25, 0.3) is 0 Å². The highest BCUT2D eigenvalue weighted by molar-refractivity contribution is 5.52. The third kappa shape index (κ3) is 0.981. The van der Waals surface area contributed by atoms with Crippen molar-refractivity contribution in [2.45, 2.75) is 6.54 Å². The van der Waals surface area contributed by atoms with Gasteiger partial charge in [-0.25, -0.2) is 5.01 Å². The Labute approximate surface area is 65.3 Å². The summed E-state index contributed by atoms with van der Waals surface area (Å²) in [5.74, 6) is 0. The topological polar surface area (TPSA) is 28.0 Å². The SMILES string of the molecule is CN1N=NCc2ccccc21. The third-order valence-corrected chi connectivity index (χ3v) is 1.78. The summed E-state index contributed by atoms with van der Waals surface area (Å²) >= 11 is 0. The average Bonchev–Trinajstić information content (AvgIpc) is 2.06. The summed E-state index contributed by atoms with van der Waals surface area (Å²) in [6.45, 7) is 0.709. The number of anilines is 1. The standard InChI is InChI=1S/C8H9N3/c1-11-8-5-3-2-4-7(8)6-9-10-11/h2-5H,6H2,1H3. The molecule has 0 aromatic heterocycles. The van der Waals surface area contributed by atoms with E-state index in [1.54, 1.807) is 5.01 Å². The molecule has 1 aromatic carbocycles. The molecule has 0 saturated heterocycles. The summed E-state index contributed by atoms with van der Waals surface area (Å²) in [5.41, 5.74) is 2.40. The Kier molecular flexibility index (Phi) is 1.35. The summed E-state index contributed by atoms with van der Waals surface area (Å²) in [6.07, 6.45) is 0. The predicted molar refractivity (Wildman–Crippen MR) is 43.4 cm³/mol. The van der Waals surface area contributed by atoms with E-state index < -0.39 is 0 Å². The number of hydrogen-bond acceptors (Lipinski definition) is 3. The van der Waals surface area contributed by atoms with Crippen LogP contribution in [0.3, 0.4) is 0 Å². The lowest BCUT2D eigenvalue weighted by atomic mass is 10.2.